The Labute approximate surface area is 78.1 Å². The molecule has 0 amide bonds. The van der Waals surface area contributed by atoms with Crippen LogP contribution in [0.5, 0.6) is 0 Å². The Balaban J connectivity index is 3.17. The first-order valence-electron chi connectivity index (χ1n) is 3.42. The second-order valence-electron chi connectivity index (χ2n) is 2.61. The van der Waals surface area contributed by atoms with Crippen molar-refractivity contribution in [2.45, 2.75) is 18.0 Å². The van der Waals surface area contributed by atoms with Crippen molar-refractivity contribution in [2.75, 3.05) is 0 Å². The third-order valence-corrected chi connectivity index (χ3v) is 1.59. The minimum absolute atomic E-state index is 0.208. The first-order chi connectivity index (χ1) is 6.61. The molecule has 0 aliphatic rings. The van der Waals surface area contributed by atoms with E-state index in [1.54, 1.807) is 0 Å². The Morgan fingerprint density at radius 1 is 1.00 bits per heavy atom. The van der Waals surface area contributed by atoms with Crippen molar-refractivity contribution in [2.24, 2.45) is 0 Å². The van der Waals surface area contributed by atoms with Crippen LogP contribution in [-0.4, -0.2) is 22.1 Å². The van der Waals surface area contributed by atoms with E-state index in [-0.39, 0.29) is 6.20 Å². The molecule has 0 saturated heterocycles. The van der Waals surface area contributed by atoms with Gasteiger partial charge in [-0.2, -0.15) is 30.7 Å². The highest BCUT2D eigenvalue weighted by molar-refractivity contribution is 5.10. The molecular weight excluding hydrogens is 233 g/mol. The summed E-state index contributed by atoms with van der Waals surface area (Å²) in [6.07, 6.45) is -5.54. The highest BCUT2D eigenvalue weighted by Gasteiger charge is 2.74. The number of hydrogen-bond donors (Lipinski definition) is 1. The van der Waals surface area contributed by atoms with Crippen molar-refractivity contribution >= 4 is 0 Å². The lowest BCUT2D eigenvalue weighted by atomic mass is 10.1. The van der Waals surface area contributed by atoms with E-state index in [2.05, 4.69) is 4.98 Å². The molecule has 1 heterocycles. The molecule has 0 atom stereocenters. The Hall–Kier alpha value is -1.28. The number of nitrogens with zero attached hydrogens (tertiary/aromatic N) is 1. The van der Waals surface area contributed by atoms with Crippen molar-refractivity contribution in [3.63, 3.8) is 0 Å². The van der Waals surface area contributed by atoms with Gasteiger partial charge >= 0.3 is 18.0 Å². The lowest BCUT2D eigenvalue weighted by Crippen LogP contribution is -2.50. The van der Waals surface area contributed by atoms with Crippen LogP contribution in [-0.2, 0) is 5.92 Å². The Bertz CT molecular complexity index is 326. The van der Waals surface area contributed by atoms with Gasteiger partial charge in [0.25, 0.3) is 0 Å². The van der Waals surface area contributed by atoms with Crippen LogP contribution < -0.4 is 0 Å². The maximum atomic E-state index is 12.7. The van der Waals surface area contributed by atoms with E-state index in [0.717, 1.165) is 0 Å². The highest BCUT2D eigenvalue weighted by atomic mass is 19.4. The van der Waals surface area contributed by atoms with Gasteiger partial charge in [0.2, 0.25) is 0 Å². The average Bonchev–Trinajstić information content (AvgIpc) is 2.53. The van der Waals surface area contributed by atoms with Crippen molar-refractivity contribution in [3.05, 3.63) is 18.2 Å². The number of rotatable bonds is 2. The predicted molar refractivity (Wildman–Crippen MR) is 33.5 cm³/mol. The number of alkyl halides is 7. The number of imidazole rings is 1. The molecule has 0 spiro atoms. The molecule has 0 fully saturated rings. The van der Waals surface area contributed by atoms with E-state index < -0.39 is 23.7 Å². The highest BCUT2D eigenvalue weighted by Crippen LogP contribution is 2.50. The number of aromatic amines is 1. The fraction of sp³-hybridized carbons (Fsp3) is 0.500. The van der Waals surface area contributed by atoms with Gasteiger partial charge in [-0.05, 0) is 0 Å². The first-order valence-corrected chi connectivity index (χ1v) is 3.42. The van der Waals surface area contributed by atoms with Crippen LogP contribution in [0, 0.1) is 0 Å². The van der Waals surface area contributed by atoms with Gasteiger partial charge in [-0.15, -0.1) is 0 Å². The van der Waals surface area contributed by atoms with Crippen molar-refractivity contribution in [3.8, 4) is 0 Å². The summed E-state index contributed by atoms with van der Waals surface area (Å²) < 4.78 is 85.1. The fourth-order valence-corrected chi connectivity index (χ4v) is 0.775. The van der Waals surface area contributed by atoms with Gasteiger partial charge < -0.3 is 4.98 Å². The van der Waals surface area contributed by atoms with Gasteiger partial charge in [0.05, 0.1) is 12.5 Å². The molecule has 0 radical (unpaired) electrons. The van der Waals surface area contributed by atoms with Gasteiger partial charge in [-0.1, -0.05) is 0 Å². The average molecular weight is 236 g/mol. The number of nitrogens with one attached hydrogen (secondary N) is 1. The zero-order valence-electron chi connectivity index (χ0n) is 6.75. The number of H-pyrrole nitrogens is 1. The molecule has 0 aliphatic carbocycles. The Morgan fingerprint density at radius 2 is 1.53 bits per heavy atom. The molecule has 1 N–H and O–H groups in total. The third kappa shape index (κ3) is 1.65. The van der Waals surface area contributed by atoms with Gasteiger partial charge in [-0.25, -0.2) is 4.98 Å². The van der Waals surface area contributed by atoms with Crippen LogP contribution in [0.1, 0.15) is 5.69 Å². The molecule has 2 nitrogen and oxygen atoms in total. The van der Waals surface area contributed by atoms with Gasteiger partial charge in [0.1, 0.15) is 5.69 Å². The topological polar surface area (TPSA) is 28.7 Å². The molecule has 0 aromatic carbocycles. The molecule has 1 rings (SSSR count). The molecule has 0 aliphatic heterocycles. The van der Waals surface area contributed by atoms with Crippen LogP contribution in [0.3, 0.4) is 0 Å². The predicted octanol–water partition coefficient (Wildman–Crippen LogP) is 2.70. The van der Waals surface area contributed by atoms with Gasteiger partial charge in [0, 0.05) is 0 Å². The van der Waals surface area contributed by atoms with Crippen LogP contribution >= 0.6 is 0 Å². The number of aromatic nitrogens is 2. The van der Waals surface area contributed by atoms with E-state index in [1.807, 2.05) is 0 Å². The fourth-order valence-electron chi connectivity index (χ4n) is 0.775. The summed E-state index contributed by atoms with van der Waals surface area (Å²) in [5, 5.41) is 0. The lowest BCUT2D eigenvalue weighted by molar-refractivity contribution is -0.360. The zero-order valence-corrected chi connectivity index (χ0v) is 6.75. The quantitative estimate of drug-likeness (QED) is 0.785. The maximum Gasteiger partial charge on any atom is 0.460 e. The second kappa shape index (κ2) is 3.11. The molecule has 1 aromatic rings. The minimum atomic E-state index is -6.33. The summed E-state index contributed by atoms with van der Waals surface area (Å²) in [5.74, 6) is -11.5. The standard InChI is InChI=1S/C6H3F7N2/c7-4(8,3-1-14-2-15-3)5(9,10)6(11,12)13/h1-2H,(H,14,15). The molecule has 86 valence electrons. The van der Waals surface area contributed by atoms with Gasteiger partial charge in [0.15, 0.2) is 0 Å². The van der Waals surface area contributed by atoms with E-state index in [0.29, 0.717) is 6.33 Å². The Kier molecular flexibility index (Phi) is 2.44. The van der Waals surface area contributed by atoms with Crippen LogP contribution in [0.25, 0.3) is 0 Å². The minimum Gasteiger partial charge on any atom is -0.343 e. The van der Waals surface area contributed by atoms with E-state index >= 15 is 0 Å². The SMILES string of the molecule is FC(F)(F)C(F)(F)C(F)(F)c1cnc[nH]1. The largest absolute Gasteiger partial charge is 0.460 e. The summed E-state index contributed by atoms with van der Waals surface area (Å²) in [5.41, 5.74) is -1.59. The number of halogens is 7. The smallest absolute Gasteiger partial charge is 0.343 e. The monoisotopic (exact) mass is 236 g/mol. The van der Waals surface area contributed by atoms with E-state index in [9.17, 15) is 30.7 Å². The summed E-state index contributed by atoms with van der Waals surface area (Å²) >= 11 is 0. The van der Waals surface area contributed by atoms with Crippen molar-refractivity contribution in [1.82, 2.24) is 9.97 Å². The van der Waals surface area contributed by atoms with Crippen molar-refractivity contribution < 1.29 is 30.7 Å². The van der Waals surface area contributed by atoms with E-state index in [1.165, 1.54) is 4.98 Å². The summed E-state index contributed by atoms with van der Waals surface area (Å²) in [4.78, 5) is 4.46. The molecule has 0 unspecified atom stereocenters. The lowest BCUT2D eigenvalue weighted by Gasteiger charge is -2.26. The molecular formula is C6H3F7N2. The zero-order chi connectivity index (χ0) is 11.9. The number of hydrogen-bond acceptors (Lipinski definition) is 1. The van der Waals surface area contributed by atoms with Crippen molar-refractivity contribution in [1.29, 1.82) is 0 Å². The van der Waals surface area contributed by atoms with E-state index in [4.69, 9.17) is 0 Å². The first kappa shape index (κ1) is 11.8. The molecule has 0 saturated carbocycles. The molecule has 0 bridgehead atoms. The molecule has 15 heavy (non-hydrogen) atoms. The van der Waals surface area contributed by atoms with Crippen LogP contribution in [0.4, 0.5) is 30.7 Å². The molecule has 9 heteroatoms. The summed E-state index contributed by atoms with van der Waals surface area (Å²) in [6, 6.07) is 0. The van der Waals surface area contributed by atoms with Crippen LogP contribution in [0.15, 0.2) is 12.5 Å². The normalized spacial score (nSPS) is 14.3. The maximum absolute atomic E-state index is 12.7. The molecule has 1 aromatic heterocycles. The van der Waals surface area contributed by atoms with Gasteiger partial charge in [-0.3, -0.25) is 0 Å². The second-order valence-corrected chi connectivity index (χ2v) is 2.61. The third-order valence-electron chi connectivity index (χ3n) is 1.59. The van der Waals surface area contributed by atoms with Crippen LogP contribution in [0.2, 0.25) is 0 Å². The Morgan fingerprint density at radius 3 is 1.87 bits per heavy atom. The summed E-state index contributed by atoms with van der Waals surface area (Å²) in [7, 11) is 0. The summed E-state index contributed by atoms with van der Waals surface area (Å²) in [6.45, 7) is 0.